The van der Waals surface area contributed by atoms with Crippen molar-refractivity contribution in [2.75, 3.05) is 11.4 Å². The number of anilines is 1. The second-order valence-electron chi connectivity index (χ2n) is 5.61. The second-order valence-corrected chi connectivity index (χ2v) is 5.61. The van der Waals surface area contributed by atoms with Crippen LogP contribution in [0.15, 0.2) is 24.5 Å². The Morgan fingerprint density at radius 1 is 1.20 bits per heavy atom. The van der Waals surface area contributed by atoms with Gasteiger partial charge in [-0.05, 0) is 25.0 Å². The molecule has 2 amide bonds. The molecule has 2 heterocycles. The van der Waals surface area contributed by atoms with Crippen molar-refractivity contribution in [2.24, 2.45) is 0 Å². The van der Waals surface area contributed by atoms with Crippen LogP contribution in [0.4, 0.5) is 5.69 Å². The molecule has 0 aromatic carbocycles. The summed E-state index contributed by atoms with van der Waals surface area (Å²) in [5.74, 6) is 0.00249. The van der Waals surface area contributed by atoms with E-state index < -0.39 is 5.54 Å². The molecule has 1 saturated heterocycles. The predicted molar refractivity (Wildman–Crippen MR) is 75.2 cm³/mol. The second kappa shape index (κ2) is 5.23. The van der Waals surface area contributed by atoms with Gasteiger partial charge < -0.3 is 10.2 Å². The van der Waals surface area contributed by atoms with E-state index >= 15 is 0 Å². The highest BCUT2D eigenvalue weighted by molar-refractivity contribution is 6.04. The van der Waals surface area contributed by atoms with E-state index in [2.05, 4.69) is 10.3 Å². The van der Waals surface area contributed by atoms with E-state index in [0.29, 0.717) is 13.0 Å². The molecule has 1 saturated carbocycles. The molecule has 1 aliphatic carbocycles. The highest BCUT2D eigenvalue weighted by atomic mass is 16.2. The van der Waals surface area contributed by atoms with Gasteiger partial charge in [0.15, 0.2) is 0 Å². The monoisotopic (exact) mass is 273 g/mol. The Kier molecular flexibility index (Phi) is 3.42. The predicted octanol–water partition coefficient (Wildman–Crippen LogP) is 1.64. The topological polar surface area (TPSA) is 62.3 Å². The molecule has 2 aliphatic rings. The number of aromatic nitrogens is 1. The van der Waals surface area contributed by atoms with Crippen molar-refractivity contribution >= 4 is 17.5 Å². The highest BCUT2D eigenvalue weighted by Gasteiger charge is 2.45. The average molecular weight is 273 g/mol. The Hall–Kier alpha value is -1.91. The van der Waals surface area contributed by atoms with Crippen molar-refractivity contribution in [2.45, 2.75) is 44.1 Å². The molecule has 5 heteroatoms. The first-order chi connectivity index (χ1) is 9.71. The standard InChI is InChI=1S/C15H19N3O2/c19-13-6-10-18(12-5-4-9-16-11-12)14(20)15(17-13)7-2-1-3-8-15/h4-5,9,11H,1-3,6-8,10H2,(H,17,19). The van der Waals surface area contributed by atoms with E-state index in [1.165, 1.54) is 0 Å². The number of amides is 2. The van der Waals surface area contributed by atoms with E-state index in [4.69, 9.17) is 0 Å². The summed E-state index contributed by atoms with van der Waals surface area (Å²) in [6.45, 7) is 0.429. The largest absolute Gasteiger partial charge is 0.342 e. The van der Waals surface area contributed by atoms with Crippen LogP contribution in [0.1, 0.15) is 38.5 Å². The molecule has 1 spiro atoms. The zero-order valence-corrected chi connectivity index (χ0v) is 11.5. The lowest BCUT2D eigenvalue weighted by Crippen LogP contribution is -2.58. The van der Waals surface area contributed by atoms with Gasteiger partial charge in [-0.3, -0.25) is 14.6 Å². The molecule has 2 fully saturated rings. The van der Waals surface area contributed by atoms with E-state index in [9.17, 15) is 9.59 Å². The Morgan fingerprint density at radius 3 is 2.70 bits per heavy atom. The van der Waals surface area contributed by atoms with Gasteiger partial charge in [0.05, 0.1) is 11.9 Å². The van der Waals surface area contributed by atoms with Crippen molar-refractivity contribution in [3.8, 4) is 0 Å². The molecule has 1 aliphatic heterocycles. The summed E-state index contributed by atoms with van der Waals surface area (Å²) in [6.07, 6.45) is 8.33. The Bertz CT molecular complexity index is 509. The maximum Gasteiger partial charge on any atom is 0.252 e. The molecule has 0 radical (unpaired) electrons. The minimum absolute atomic E-state index is 0.0216. The number of nitrogens with one attached hydrogen (secondary N) is 1. The number of rotatable bonds is 1. The van der Waals surface area contributed by atoms with Crippen LogP contribution in [0.2, 0.25) is 0 Å². The zero-order chi connectivity index (χ0) is 14.0. The molecule has 20 heavy (non-hydrogen) atoms. The van der Waals surface area contributed by atoms with Gasteiger partial charge in [-0.1, -0.05) is 19.3 Å². The maximum absolute atomic E-state index is 13.0. The molecule has 1 aromatic heterocycles. The molecule has 0 bridgehead atoms. The third-order valence-corrected chi connectivity index (χ3v) is 4.26. The fraction of sp³-hybridized carbons (Fsp3) is 0.533. The van der Waals surface area contributed by atoms with Gasteiger partial charge in [-0.15, -0.1) is 0 Å². The zero-order valence-electron chi connectivity index (χ0n) is 11.5. The van der Waals surface area contributed by atoms with Crippen molar-refractivity contribution < 1.29 is 9.59 Å². The third-order valence-electron chi connectivity index (χ3n) is 4.26. The first-order valence-electron chi connectivity index (χ1n) is 7.24. The van der Waals surface area contributed by atoms with Crippen LogP contribution >= 0.6 is 0 Å². The molecule has 1 aromatic rings. The number of hydrogen-bond acceptors (Lipinski definition) is 3. The Morgan fingerprint density at radius 2 is 2.00 bits per heavy atom. The number of hydrogen-bond donors (Lipinski definition) is 1. The first kappa shape index (κ1) is 13.1. The van der Waals surface area contributed by atoms with E-state index in [1.807, 2.05) is 12.1 Å². The van der Waals surface area contributed by atoms with Crippen LogP contribution in [0, 0.1) is 0 Å². The molecular weight excluding hydrogens is 254 g/mol. The summed E-state index contributed by atoms with van der Waals surface area (Å²) >= 11 is 0. The fourth-order valence-electron chi connectivity index (χ4n) is 3.21. The summed E-state index contributed by atoms with van der Waals surface area (Å²) in [7, 11) is 0. The van der Waals surface area contributed by atoms with Gasteiger partial charge in [0.25, 0.3) is 5.91 Å². The smallest absolute Gasteiger partial charge is 0.252 e. The van der Waals surface area contributed by atoms with Crippen LogP contribution in [0.3, 0.4) is 0 Å². The number of pyridine rings is 1. The summed E-state index contributed by atoms with van der Waals surface area (Å²) < 4.78 is 0. The number of carbonyl (C=O) groups excluding carboxylic acids is 2. The number of carbonyl (C=O) groups is 2. The van der Waals surface area contributed by atoms with E-state index in [0.717, 1.165) is 37.8 Å². The van der Waals surface area contributed by atoms with Gasteiger partial charge in [0.1, 0.15) is 5.54 Å². The van der Waals surface area contributed by atoms with E-state index in [1.54, 1.807) is 17.3 Å². The van der Waals surface area contributed by atoms with Crippen molar-refractivity contribution in [1.29, 1.82) is 0 Å². The van der Waals surface area contributed by atoms with Crippen molar-refractivity contribution in [3.05, 3.63) is 24.5 Å². The summed E-state index contributed by atoms with van der Waals surface area (Å²) in [4.78, 5) is 30.7. The van der Waals surface area contributed by atoms with Gasteiger partial charge >= 0.3 is 0 Å². The van der Waals surface area contributed by atoms with Gasteiger partial charge in [0.2, 0.25) is 5.91 Å². The summed E-state index contributed by atoms with van der Waals surface area (Å²) in [5.41, 5.74) is 0.0840. The molecule has 1 N–H and O–H groups in total. The van der Waals surface area contributed by atoms with Crippen LogP contribution in [-0.4, -0.2) is 28.9 Å². The lowest BCUT2D eigenvalue weighted by molar-refractivity contribution is -0.131. The maximum atomic E-state index is 13.0. The quantitative estimate of drug-likeness (QED) is 0.846. The molecular formula is C15H19N3O2. The Labute approximate surface area is 118 Å². The fourth-order valence-corrected chi connectivity index (χ4v) is 3.21. The van der Waals surface area contributed by atoms with Crippen LogP contribution in [-0.2, 0) is 9.59 Å². The number of nitrogens with zero attached hydrogens (tertiary/aromatic N) is 2. The summed E-state index contributed by atoms with van der Waals surface area (Å²) in [6, 6.07) is 3.69. The third kappa shape index (κ3) is 2.28. The SMILES string of the molecule is O=C1CCN(c2cccnc2)C(=O)C2(CCCCC2)N1. The molecule has 3 rings (SSSR count). The summed E-state index contributed by atoms with van der Waals surface area (Å²) in [5, 5.41) is 2.99. The van der Waals surface area contributed by atoms with Gasteiger partial charge in [-0.2, -0.15) is 0 Å². The minimum Gasteiger partial charge on any atom is -0.342 e. The molecule has 106 valence electrons. The van der Waals surface area contributed by atoms with Gasteiger partial charge in [-0.25, -0.2) is 0 Å². The molecule has 5 nitrogen and oxygen atoms in total. The van der Waals surface area contributed by atoms with Crippen LogP contribution in [0.25, 0.3) is 0 Å². The Balaban J connectivity index is 1.95. The van der Waals surface area contributed by atoms with Crippen LogP contribution < -0.4 is 10.2 Å². The normalized spacial score (nSPS) is 22.5. The lowest BCUT2D eigenvalue weighted by Gasteiger charge is -2.38. The molecule has 0 atom stereocenters. The molecule has 0 unspecified atom stereocenters. The van der Waals surface area contributed by atoms with E-state index in [-0.39, 0.29) is 11.8 Å². The van der Waals surface area contributed by atoms with Crippen molar-refractivity contribution in [1.82, 2.24) is 10.3 Å². The highest BCUT2D eigenvalue weighted by Crippen LogP contribution is 2.33. The van der Waals surface area contributed by atoms with Gasteiger partial charge in [0, 0.05) is 19.2 Å². The van der Waals surface area contributed by atoms with Crippen molar-refractivity contribution in [3.63, 3.8) is 0 Å². The first-order valence-corrected chi connectivity index (χ1v) is 7.24. The lowest BCUT2D eigenvalue weighted by atomic mass is 9.80. The minimum atomic E-state index is -0.693. The average Bonchev–Trinajstić information content (AvgIpc) is 2.59. The van der Waals surface area contributed by atoms with Crippen LogP contribution in [0.5, 0.6) is 0 Å².